The number of aliphatic hydroxyl groups excluding tert-OH is 1. The van der Waals surface area contributed by atoms with Gasteiger partial charge in [-0.15, -0.1) is 0 Å². The van der Waals surface area contributed by atoms with Crippen LogP contribution in [-0.2, 0) is 9.84 Å². The highest BCUT2D eigenvalue weighted by atomic mass is 32.2. The van der Waals surface area contributed by atoms with E-state index in [4.69, 9.17) is 0 Å². The van der Waals surface area contributed by atoms with E-state index < -0.39 is 9.84 Å². The predicted octanol–water partition coefficient (Wildman–Crippen LogP) is 1.76. The minimum Gasteiger partial charge on any atom is -0.393 e. The first-order valence-electron chi connectivity index (χ1n) is 8.48. The van der Waals surface area contributed by atoms with E-state index in [-0.39, 0.29) is 6.10 Å². The molecule has 0 radical (unpaired) electrons. The molecule has 0 amide bonds. The van der Waals surface area contributed by atoms with E-state index in [1.54, 1.807) is 42.9 Å². The number of nitrogens with zero attached hydrogens (tertiary/aromatic N) is 4. The fourth-order valence-electron chi connectivity index (χ4n) is 3.32. The minimum atomic E-state index is -3.23. The van der Waals surface area contributed by atoms with Crippen LogP contribution in [0.3, 0.4) is 0 Å². The first-order chi connectivity index (χ1) is 12.4. The number of rotatable bonds is 3. The average molecular weight is 372 g/mol. The molecule has 7 nitrogen and oxygen atoms in total. The second-order valence-corrected chi connectivity index (χ2v) is 8.63. The molecule has 0 atom stereocenters. The number of fused-ring (bicyclic) bond motifs is 1. The van der Waals surface area contributed by atoms with Crippen LogP contribution in [-0.4, -0.2) is 53.3 Å². The van der Waals surface area contributed by atoms with E-state index >= 15 is 0 Å². The molecule has 0 spiro atoms. The molecular formula is C18H20N4O3S. The topological polar surface area (TPSA) is 87.8 Å². The number of hydrogen-bond donors (Lipinski definition) is 1. The normalized spacial score (nSPS) is 16.3. The van der Waals surface area contributed by atoms with Gasteiger partial charge in [-0.05, 0) is 25.0 Å². The molecule has 4 rings (SSSR count). The first-order valence-corrected chi connectivity index (χ1v) is 10.4. The second-order valence-electron chi connectivity index (χ2n) is 6.62. The molecule has 26 heavy (non-hydrogen) atoms. The summed E-state index contributed by atoms with van der Waals surface area (Å²) in [4.78, 5) is 11.2. The molecule has 1 fully saturated rings. The summed E-state index contributed by atoms with van der Waals surface area (Å²) >= 11 is 0. The van der Waals surface area contributed by atoms with Crippen LogP contribution >= 0.6 is 0 Å². The van der Waals surface area contributed by atoms with Gasteiger partial charge >= 0.3 is 0 Å². The highest BCUT2D eigenvalue weighted by molar-refractivity contribution is 7.90. The second kappa shape index (κ2) is 6.37. The van der Waals surface area contributed by atoms with Crippen LogP contribution < -0.4 is 4.90 Å². The van der Waals surface area contributed by atoms with Crippen LogP contribution in [0.2, 0.25) is 0 Å². The van der Waals surface area contributed by atoms with E-state index in [1.165, 1.54) is 6.26 Å². The molecule has 1 saturated heterocycles. The molecule has 1 aromatic carbocycles. The zero-order valence-corrected chi connectivity index (χ0v) is 15.2. The summed E-state index contributed by atoms with van der Waals surface area (Å²) in [6.45, 7) is 1.51. The first kappa shape index (κ1) is 17.0. The van der Waals surface area contributed by atoms with Gasteiger partial charge < -0.3 is 10.0 Å². The molecule has 0 bridgehead atoms. The van der Waals surface area contributed by atoms with Crippen LogP contribution in [0, 0.1) is 0 Å². The van der Waals surface area contributed by atoms with Crippen molar-refractivity contribution in [3.8, 4) is 11.3 Å². The lowest BCUT2D eigenvalue weighted by Gasteiger charge is -2.31. The molecule has 3 aromatic rings. The molecule has 0 aliphatic carbocycles. The Labute approximate surface area is 151 Å². The van der Waals surface area contributed by atoms with Crippen LogP contribution in [0.5, 0.6) is 0 Å². The van der Waals surface area contributed by atoms with E-state index in [0.29, 0.717) is 4.90 Å². The maximum Gasteiger partial charge on any atom is 0.175 e. The molecule has 0 saturated carbocycles. The van der Waals surface area contributed by atoms with Gasteiger partial charge in [-0.3, -0.25) is 9.38 Å². The van der Waals surface area contributed by atoms with E-state index in [1.807, 2.05) is 4.40 Å². The van der Waals surface area contributed by atoms with Gasteiger partial charge in [0.1, 0.15) is 5.82 Å². The number of benzene rings is 1. The van der Waals surface area contributed by atoms with Crippen molar-refractivity contribution in [1.82, 2.24) is 14.4 Å². The van der Waals surface area contributed by atoms with Gasteiger partial charge in [0.15, 0.2) is 15.5 Å². The fraction of sp³-hybridized carbons (Fsp3) is 0.333. The van der Waals surface area contributed by atoms with E-state index in [0.717, 1.165) is 48.7 Å². The quantitative estimate of drug-likeness (QED) is 0.754. The van der Waals surface area contributed by atoms with Crippen molar-refractivity contribution < 1.29 is 13.5 Å². The number of sulfone groups is 1. The lowest BCUT2D eigenvalue weighted by molar-refractivity contribution is 0.145. The van der Waals surface area contributed by atoms with Gasteiger partial charge in [-0.25, -0.2) is 13.4 Å². The fourth-order valence-corrected chi connectivity index (χ4v) is 3.95. The lowest BCUT2D eigenvalue weighted by Crippen LogP contribution is -2.36. The third-order valence-electron chi connectivity index (χ3n) is 4.76. The summed E-state index contributed by atoms with van der Waals surface area (Å²) in [5, 5.41) is 9.76. The SMILES string of the molecule is CS(=O)(=O)c1ccc(-c2cnc3cncc(N4CCC(O)CC4)n23)cc1. The molecule has 2 aromatic heterocycles. The largest absolute Gasteiger partial charge is 0.393 e. The Morgan fingerprint density at radius 1 is 1.08 bits per heavy atom. The van der Waals surface area contributed by atoms with Crippen molar-refractivity contribution in [3.05, 3.63) is 42.9 Å². The number of aliphatic hydroxyl groups is 1. The van der Waals surface area contributed by atoms with Gasteiger partial charge in [0.2, 0.25) is 0 Å². The van der Waals surface area contributed by atoms with Crippen LogP contribution in [0.1, 0.15) is 12.8 Å². The Balaban J connectivity index is 1.79. The summed E-state index contributed by atoms with van der Waals surface area (Å²) in [6, 6.07) is 6.82. The molecule has 1 aliphatic heterocycles. The van der Waals surface area contributed by atoms with Crippen molar-refractivity contribution in [3.63, 3.8) is 0 Å². The smallest absolute Gasteiger partial charge is 0.175 e. The lowest BCUT2D eigenvalue weighted by atomic mass is 10.1. The van der Waals surface area contributed by atoms with Crippen molar-refractivity contribution in [2.75, 3.05) is 24.2 Å². The average Bonchev–Trinajstić information content (AvgIpc) is 3.06. The Morgan fingerprint density at radius 3 is 2.42 bits per heavy atom. The van der Waals surface area contributed by atoms with Crippen molar-refractivity contribution >= 4 is 21.3 Å². The van der Waals surface area contributed by atoms with E-state index in [9.17, 15) is 13.5 Å². The maximum absolute atomic E-state index is 11.7. The van der Waals surface area contributed by atoms with Gasteiger partial charge in [0, 0.05) is 24.9 Å². The highest BCUT2D eigenvalue weighted by Gasteiger charge is 2.21. The molecule has 8 heteroatoms. The third-order valence-corrected chi connectivity index (χ3v) is 5.89. The minimum absolute atomic E-state index is 0.246. The highest BCUT2D eigenvalue weighted by Crippen LogP contribution is 2.28. The van der Waals surface area contributed by atoms with Crippen molar-refractivity contribution in [2.24, 2.45) is 0 Å². The van der Waals surface area contributed by atoms with Crippen molar-refractivity contribution in [1.29, 1.82) is 0 Å². The number of anilines is 1. The summed E-state index contributed by atoms with van der Waals surface area (Å²) < 4.78 is 25.4. The van der Waals surface area contributed by atoms with Crippen LogP contribution in [0.15, 0.2) is 47.8 Å². The van der Waals surface area contributed by atoms with Gasteiger partial charge in [-0.2, -0.15) is 0 Å². The Morgan fingerprint density at radius 2 is 1.77 bits per heavy atom. The maximum atomic E-state index is 11.7. The number of piperidine rings is 1. The molecular weight excluding hydrogens is 352 g/mol. The zero-order chi connectivity index (χ0) is 18.3. The summed E-state index contributed by atoms with van der Waals surface area (Å²) in [6.07, 6.45) is 7.69. The molecule has 1 N–H and O–H groups in total. The van der Waals surface area contributed by atoms with Crippen LogP contribution in [0.25, 0.3) is 16.9 Å². The van der Waals surface area contributed by atoms with Crippen molar-refractivity contribution in [2.45, 2.75) is 23.8 Å². The van der Waals surface area contributed by atoms with Crippen LogP contribution in [0.4, 0.5) is 5.82 Å². The summed E-state index contributed by atoms with van der Waals surface area (Å²) in [5.74, 6) is 0.925. The number of aromatic nitrogens is 3. The molecule has 0 unspecified atom stereocenters. The predicted molar refractivity (Wildman–Crippen MR) is 99.0 cm³/mol. The molecule has 136 valence electrons. The summed E-state index contributed by atoms with van der Waals surface area (Å²) in [5.41, 5.74) is 2.49. The molecule has 1 aliphatic rings. The van der Waals surface area contributed by atoms with Gasteiger partial charge in [0.25, 0.3) is 0 Å². The monoisotopic (exact) mass is 372 g/mol. The Kier molecular flexibility index (Phi) is 4.16. The molecule has 3 heterocycles. The summed E-state index contributed by atoms with van der Waals surface area (Å²) in [7, 11) is -3.23. The standard InChI is InChI=1S/C18H20N4O3S/c1-26(24,25)15-4-2-13(3-5-15)16-10-20-17-11-19-12-18(22(16)17)21-8-6-14(23)7-9-21/h2-5,10-12,14,23H,6-9H2,1H3. The van der Waals surface area contributed by atoms with Gasteiger partial charge in [0.05, 0.1) is 35.3 Å². The number of hydrogen-bond acceptors (Lipinski definition) is 6. The Bertz CT molecular complexity index is 1040. The van der Waals surface area contributed by atoms with E-state index in [2.05, 4.69) is 14.9 Å². The van der Waals surface area contributed by atoms with Gasteiger partial charge in [-0.1, -0.05) is 12.1 Å². The zero-order valence-electron chi connectivity index (χ0n) is 14.4. The third kappa shape index (κ3) is 3.06. The Hall–Kier alpha value is -2.45. The number of imidazole rings is 1.